The average Bonchev–Trinajstić information content (AvgIpc) is 2.69. The molecule has 0 radical (unpaired) electrons. The van der Waals surface area contributed by atoms with Crippen molar-refractivity contribution in [2.75, 3.05) is 0 Å². The van der Waals surface area contributed by atoms with Crippen molar-refractivity contribution >= 4 is 11.8 Å². The van der Waals surface area contributed by atoms with Gasteiger partial charge in [0.25, 0.3) is 0 Å². The summed E-state index contributed by atoms with van der Waals surface area (Å²) in [6, 6.07) is 0. The largest absolute Gasteiger partial charge is 0.481 e. The van der Waals surface area contributed by atoms with E-state index in [9.17, 15) is 19.8 Å². The van der Waals surface area contributed by atoms with Gasteiger partial charge in [-0.15, -0.1) is 0 Å². The molecule has 9 atom stereocenters. The first-order valence-electron chi connectivity index (χ1n) is 13.7. The van der Waals surface area contributed by atoms with E-state index in [1.807, 2.05) is 6.92 Å². The third kappa shape index (κ3) is 2.75. The van der Waals surface area contributed by atoms with Gasteiger partial charge in [0.05, 0.1) is 11.0 Å². The van der Waals surface area contributed by atoms with E-state index in [2.05, 4.69) is 47.6 Å². The predicted octanol–water partition coefficient (Wildman–Crippen LogP) is 6.41. The molecule has 4 saturated carbocycles. The number of hydrogen-bond acceptors (Lipinski definition) is 3. The van der Waals surface area contributed by atoms with Crippen LogP contribution in [0.2, 0.25) is 0 Å². The van der Waals surface area contributed by atoms with Gasteiger partial charge in [0.15, 0.2) is 0 Å². The Morgan fingerprint density at radius 3 is 2.26 bits per heavy atom. The molecule has 0 unspecified atom stereocenters. The fourth-order valence-electron chi connectivity index (χ4n) is 10.9. The SMILES string of the molecule is C[C@@H]1CC[C@]2(C(=O)O)CC[C@]3(C)C(=CC[C@@H]4[C@@]5(C)CC(=O)CC(C)(C)[C@@H]5CC[C@]43C)[C@@H]2[C@]1(C)O. The second kappa shape index (κ2) is 6.99. The smallest absolute Gasteiger partial charge is 0.310 e. The molecule has 0 spiro atoms. The van der Waals surface area contributed by atoms with Gasteiger partial charge in [-0.2, -0.15) is 0 Å². The summed E-state index contributed by atoms with van der Waals surface area (Å²) < 4.78 is 0. The van der Waals surface area contributed by atoms with E-state index in [0.29, 0.717) is 43.3 Å². The van der Waals surface area contributed by atoms with E-state index < -0.39 is 17.0 Å². The van der Waals surface area contributed by atoms with Gasteiger partial charge in [0, 0.05) is 18.8 Å². The second-order valence-corrected chi connectivity index (χ2v) is 14.7. The maximum Gasteiger partial charge on any atom is 0.310 e. The lowest BCUT2D eigenvalue weighted by Crippen LogP contribution is -2.67. The first-order chi connectivity index (χ1) is 15.6. The fraction of sp³-hybridized carbons (Fsp3) is 0.867. The number of carboxylic acids is 1. The lowest BCUT2D eigenvalue weighted by atomic mass is 9.33. The van der Waals surface area contributed by atoms with Gasteiger partial charge in [-0.1, -0.05) is 53.2 Å². The number of Topliss-reactive ketones (excluding diaryl/α,β-unsaturated/α-hetero) is 1. The van der Waals surface area contributed by atoms with Gasteiger partial charge in [-0.3, -0.25) is 9.59 Å². The lowest BCUT2D eigenvalue weighted by Gasteiger charge is -2.71. The van der Waals surface area contributed by atoms with Crippen LogP contribution in [-0.2, 0) is 9.59 Å². The Bertz CT molecular complexity index is 961. The number of carbonyl (C=O) groups excluding carboxylic acids is 1. The molecule has 4 nitrogen and oxygen atoms in total. The van der Waals surface area contributed by atoms with Crippen LogP contribution in [0.15, 0.2) is 11.6 Å². The fourth-order valence-corrected chi connectivity index (χ4v) is 10.9. The summed E-state index contributed by atoms with van der Waals surface area (Å²) >= 11 is 0. The number of ketones is 1. The summed E-state index contributed by atoms with van der Waals surface area (Å²) in [6.45, 7) is 15.8. The third-order valence-electron chi connectivity index (χ3n) is 12.9. The zero-order valence-electron chi connectivity index (χ0n) is 22.5. The van der Waals surface area contributed by atoms with E-state index in [4.69, 9.17) is 0 Å². The molecule has 34 heavy (non-hydrogen) atoms. The average molecular weight is 471 g/mol. The van der Waals surface area contributed by atoms with Crippen molar-refractivity contribution in [1.29, 1.82) is 0 Å². The minimum atomic E-state index is -1.03. The van der Waals surface area contributed by atoms with Gasteiger partial charge in [0.2, 0.25) is 0 Å². The molecule has 0 aromatic heterocycles. The number of rotatable bonds is 1. The summed E-state index contributed by atoms with van der Waals surface area (Å²) in [6.07, 6.45) is 9.79. The van der Waals surface area contributed by atoms with Crippen molar-refractivity contribution in [2.24, 2.45) is 50.7 Å². The topological polar surface area (TPSA) is 74.6 Å². The summed E-state index contributed by atoms with van der Waals surface area (Å²) in [7, 11) is 0. The van der Waals surface area contributed by atoms with Crippen LogP contribution in [0.1, 0.15) is 106 Å². The summed E-state index contributed by atoms with van der Waals surface area (Å²) in [5.74, 6) is 0.352. The Kier molecular flexibility index (Phi) is 5.04. The molecule has 0 bridgehead atoms. The quantitative estimate of drug-likeness (QED) is 0.434. The number of carbonyl (C=O) groups is 2. The molecule has 190 valence electrons. The van der Waals surface area contributed by atoms with Crippen LogP contribution < -0.4 is 0 Å². The molecule has 0 aromatic rings. The minimum Gasteiger partial charge on any atom is -0.481 e. The lowest BCUT2D eigenvalue weighted by molar-refractivity contribution is -0.207. The molecule has 0 saturated heterocycles. The van der Waals surface area contributed by atoms with Crippen molar-refractivity contribution in [3.05, 3.63) is 11.6 Å². The van der Waals surface area contributed by atoms with E-state index >= 15 is 0 Å². The molecule has 0 amide bonds. The summed E-state index contributed by atoms with van der Waals surface area (Å²) in [4.78, 5) is 25.8. The zero-order chi connectivity index (χ0) is 25.1. The van der Waals surface area contributed by atoms with Crippen LogP contribution in [0.25, 0.3) is 0 Å². The van der Waals surface area contributed by atoms with E-state index in [0.717, 1.165) is 32.1 Å². The van der Waals surface area contributed by atoms with Crippen LogP contribution in [0, 0.1) is 50.7 Å². The first kappa shape index (κ1) is 24.5. The number of aliphatic hydroxyl groups is 1. The number of carboxylic acid groups (broad SMARTS) is 1. The van der Waals surface area contributed by atoms with Gasteiger partial charge in [0.1, 0.15) is 5.78 Å². The summed E-state index contributed by atoms with van der Waals surface area (Å²) in [5.41, 5.74) is -0.827. The van der Waals surface area contributed by atoms with Crippen LogP contribution in [0.4, 0.5) is 0 Å². The number of fused-ring (bicyclic) bond motifs is 7. The highest BCUT2D eigenvalue weighted by molar-refractivity contribution is 5.81. The highest BCUT2D eigenvalue weighted by Gasteiger charge is 2.71. The normalized spacial score (nSPS) is 54.1. The van der Waals surface area contributed by atoms with Gasteiger partial charge >= 0.3 is 5.97 Å². The van der Waals surface area contributed by atoms with E-state index in [1.54, 1.807) is 0 Å². The maximum atomic E-state index is 13.0. The third-order valence-corrected chi connectivity index (χ3v) is 12.9. The van der Waals surface area contributed by atoms with Crippen molar-refractivity contribution < 1.29 is 19.8 Å². The van der Waals surface area contributed by atoms with Crippen molar-refractivity contribution in [3.63, 3.8) is 0 Å². The number of hydrogen-bond donors (Lipinski definition) is 2. The zero-order valence-corrected chi connectivity index (χ0v) is 22.5. The second-order valence-electron chi connectivity index (χ2n) is 14.7. The molecule has 5 aliphatic rings. The monoisotopic (exact) mass is 470 g/mol. The Labute approximate surface area is 206 Å². The van der Waals surface area contributed by atoms with Gasteiger partial charge < -0.3 is 10.2 Å². The van der Waals surface area contributed by atoms with E-state index in [-0.39, 0.29) is 33.5 Å². The Balaban J connectivity index is 1.66. The van der Waals surface area contributed by atoms with Crippen molar-refractivity contribution in [3.8, 4) is 0 Å². The first-order valence-corrected chi connectivity index (χ1v) is 13.7. The highest BCUT2D eigenvalue weighted by Crippen LogP contribution is 2.75. The Morgan fingerprint density at radius 2 is 1.62 bits per heavy atom. The van der Waals surface area contributed by atoms with Crippen molar-refractivity contribution in [1.82, 2.24) is 0 Å². The van der Waals surface area contributed by atoms with Gasteiger partial charge in [-0.25, -0.2) is 0 Å². The predicted molar refractivity (Wildman–Crippen MR) is 133 cm³/mol. The van der Waals surface area contributed by atoms with Crippen LogP contribution in [-0.4, -0.2) is 27.6 Å². The molecule has 4 fully saturated rings. The molecule has 4 heteroatoms. The molecule has 5 rings (SSSR count). The molecule has 0 heterocycles. The molecule has 0 aromatic carbocycles. The molecule has 2 N–H and O–H groups in total. The van der Waals surface area contributed by atoms with E-state index in [1.165, 1.54) is 5.57 Å². The maximum absolute atomic E-state index is 13.0. The number of allylic oxidation sites excluding steroid dienone is 1. The molecule has 0 aliphatic heterocycles. The summed E-state index contributed by atoms with van der Waals surface area (Å²) in [5, 5.41) is 22.4. The molecular formula is C30H46O4. The Hall–Kier alpha value is -1.16. The minimum absolute atomic E-state index is 0.00252. The standard InChI is InChI=1S/C30H46O4/c1-18-10-13-30(24(32)33)15-14-27(5)20(23(30)29(18,7)34)8-9-22-26(4)17-19(31)16-25(2,3)21(26)11-12-28(22,27)6/h8,18,21-23,34H,9-17H2,1-7H3,(H,32,33)/t18-,21+,22-,23-,26+,27-,28-,29-,30+/m1/s1. The molecule has 5 aliphatic carbocycles. The highest BCUT2D eigenvalue weighted by atomic mass is 16.4. The van der Waals surface area contributed by atoms with Crippen LogP contribution in [0.5, 0.6) is 0 Å². The van der Waals surface area contributed by atoms with Crippen molar-refractivity contribution in [2.45, 2.75) is 112 Å². The number of aliphatic carboxylic acids is 1. The molecular weight excluding hydrogens is 424 g/mol. The Morgan fingerprint density at radius 1 is 0.941 bits per heavy atom. The van der Waals surface area contributed by atoms with Gasteiger partial charge in [-0.05, 0) is 91.3 Å². The van der Waals surface area contributed by atoms with Crippen LogP contribution in [0.3, 0.4) is 0 Å². The van der Waals surface area contributed by atoms with Crippen LogP contribution >= 0.6 is 0 Å².